The second-order valence-electron chi connectivity index (χ2n) is 5.24. The molecular weight excluding hydrogens is 361 g/mol. The number of nitrogens with zero attached hydrogens (tertiary/aromatic N) is 1. The number of nitrogens with one attached hydrogen (secondary N) is 1. The van der Waals surface area contributed by atoms with Crippen molar-refractivity contribution in [3.8, 4) is 0 Å². The number of aromatic nitrogens is 1. The monoisotopic (exact) mass is 375 g/mol. The van der Waals surface area contributed by atoms with E-state index in [1.54, 1.807) is 31.2 Å². The number of rotatable bonds is 5. The quantitative estimate of drug-likeness (QED) is 0.668. The number of amides is 2. The number of hydrogen-bond acceptors (Lipinski definition) is 5. The molecule has 0 saturated heterocycles. The fourth-order valence-corrected chi connectivity index (χ4v) is 4.20. The molecule has 0 spiro atoms. The fourth-order valence-electron chi connectivity index (χ4n) is 2.33. The Morgan fingerprint density at radius 1 is 1.24 bits per heavy atom. The first-order valence-electron chi connectivity index (χ1n) is 7.33. The predicted octanol–water partition coefficient (Wildman–Crippen LogP) is 3.57. The Kier molecular flexibility index (Phi) is 5.00. The molecule has 1 aromatic heterocycles. The number of carbonyl (C=O) groups excluding carboxylic acids is 2. The van der Waals surface area contributed by atoms with Crippen molar-refractivity contribution < 1.29 is 14.0 Å². The number of anilines is 1. The second kappa shape index (κ2) is 7.20. The van der Waals surface area contributed by atoms with Gasteiger partial charge in [-0.25, -0.2) is 9.37 Å². The van der Waals surface area contributed by atoms with Crippen LogP contribution in [0.4, 0.5) is 9.52 Å². The zero-order valence-corrected chi connectivity index (χ0v) is 14.8. The van der Waals surface area contributed by atoms with Gasteiger partial charge in [-0.1, -0.05) is 35.6 Å². The molecule has 0 fully saturated rings. The molecule has 0 atom stereocenters. The van der Waals surface area contributed by atoms with E-state index in [0.29, 0.717) is 21.5 Å². The van der Waals surface area contributed by atoms with Gasteiger partial charge in [0, 0.05) is 10.9 Å². The van der Waals surface area contributed by atoms with E-state index < -0.39 is 5.91 Å². The van der Waals surface area contributed by atoms with Crippen LogP contribution < -0.4 is 11.1 Å². The molecule has 1 heterocycles. The van der Waals surface area contributed by atoms with Gasteiger partial charge < -0.3 is 5.73 Å². The largest absolute Gasteiger partial charge is 0.369 e. The van der Waals surface area contributed by atoms with Crippen molar-refractivity contribution in [1.29, 1.82) is 0 Å². The molecule has 2 amide bonds. The molecule has 2 aromatic carbocycles. The highest BCUT2D eigenvalue weighted by atomic mass is 32.2. The number of halogens is 1. The van der Waals surface area contributed by atoms with Gasteiger partial charge in [0.05, 0.1) is 15.7 Å². The normalized spacial score (nSPS) is 10.8. The molecule has 0 aliphatic carbocycles. The molecule has 0 radical (unpaired) electrons. The molecule has 0 saturated carbocycles. The molecule has 25 heavy (non-hydrogen) atoms. The molecule has 3 N–H and O–H groups in total. The third-order valence-corrected chi connectivity index (χ3v) is 5.89. The maximum absolute atomic E-state index is 13.9. The van der Waals surface area contributed by atoms with Crippen LogP contribution in [0.25, 0.3) is 10.8 Å². The van der Waals surface area contributed by atoms with E-state index in [2.05, 4.69) is 10.3 Å². The van der Waals surface area contributed by atoms with Crippen molar-refractivity contribution in [2.45, 2.75) is 11.1 Å². The summed E-state index contributed by atoms with van der Waals surface area (Å²) >= 11 is 2.56. The van der Waals surface area contributed by atoms with Gasteiger partial charge >= 0.3 is 0 Å². The Hall–Kier alpha value is -2.45. The molecule has 0 aliphatic rings. The van der Waals surface area contributed by atoms with Crippen LogP contribution in [0, 0.1) is 12.7 Å². The van der Waals surface area contributed by atoms with Crippen LogP contribution in [0.5, 0.6) is 0 Å². The topological polar surface area (TPSA) is 85.1 Å². The van der Waals surface area contributed by atoms with Crippen LogP contribution in [-0.2, 0) is 4.79 Å². The first-order chi connectivity index (χ1) is 12.0. The minimum absolute atomic E-state index is 0.152. The number of primary amides is 1. The van der Waals surface area contributed by atoms with Gasteiger partial charge in [0.2, 0.25) is 5.91 Å². The first-order valence-corrected chi connectivity index (χ1v) is 9.13. The molecule has 0 bridgehead atoms. The molecular formula is C17H14FN3O2S2. The summed E-state index contributed by atoms with van der Waals surface area (Å²) in [4.78, 5) is 27.8. The van der Waals surface area contributed by atoms with E-state index in [-0.39, 0.29) is 17.5 Å². The summed E-state index contributed by atoms with van der Waals surface area (Å²) in [6, 6.07) is 9.54. The van der Waals surface area contributed by atoms with Crippen molar-refractivity contribution in [2.75, 3.05) is 11.1 Å². The Labute approximate surface area is 151 Å². The zero-order chi connectivity index (χ0) is 18.0. The molecule has 3 aromatic rings. The highest BCUT2D eigenvalue weighted by molar-refractivity contribution is 8.01. The minimum Gasteiger partial charge on any atom is -0.369 e. The average Bonchev–Trinajstić information content (AvgIpc) is 2.92. The SMILES string of the molecule is Cc1nc(NC(=O)c2ccc(F)c3ccccc23)sc1SCC(N)=O. The zero-order valence-electron chi connectivity index (χ0n) is 13.2. The molecule has 0 aliphatic heterocycles. The number of thioether (sulfide) groups is 1. The highest BCUT2D eigenvalue weighted by Gasteiger charge is 2.16. The maximum Gasteiger partial charge on any atom is 0.258 e. The van der Waals surface area contributed by atoms with E-state index in [1.807, 2.05) is 0 Å². The third-order valence-electron chi connectivity index (χ3n) is 3.44. The maximum atomic E-state index is 13.9. The molecule has 0 unspecified atom stereocenters. The van der Waals surface area contributed by atoms with Crippen LogP contribution >= 0.6 is 23.1 Å². The number of aryl methyl sites for hydroxylation is 1. The fraction of sp³-hybridized carbons (Fsp3) is 0.118. The number of fused-ring (bicyclic) bond motifs is 1. The van der Waals surface area contributed by atoms with Gasteiger partial charge in [0.25, 0.3) is 5.91 Å². The summed E-state index contributed by atoms with van der Waals surface area (Å²) < 4.78 is 14.7. The summed E-state index contributed by atoms with van der Waals surface area (Å²) in [5.74, 6) is -1.00. The lowest BCUT2D eigenvalue weighted by Crippen LogP contribution is -2.12. The van der Waals surface area contributed by atoms with Crippen LogP contribution in [0.3, 0.4) is 0 Å². The van der Waals surface area contributed by atoms with E-state index in [0.717, 1.165) is 9.90 Å². The van der Waals surface area contributed by atoms with Crippen molar-refractivity contribution >= 4 is 50.8 Å². The van der Waals surface area contributed by atoms with Crippen LogP contribution in [0.15, 0.2) is 40.6 Å². The number of carbonyl (C=O) groups is 2. The standard InChI is InChI=1S/C17H14FN3O2S2/c1-9-16(24-8-14(19)22)25-17(20-9)21-15(23)12-6-7-13(18)11-5-3-2-4-10(11)12/h2-7H,8H2,1H3,(H2,19,22)(H,20,21,23). The van der Waals surface area contributed by atoms with Crippen molar-refractivity contribution in [3.05, 3.63) is 53.5 Å². The van der Waals surface area contributed by atoms with Gasteiger partial charge in [-0.3, -0.25) is 14.9 Å². The Balaban J connectivity index is 1.85. The number of benzene rings is 2. The molecule has 3 rings (SSSR count). The number of thiazole rings is 1. The molecule has 8 heteroatoms. The summed E-state index contributed by atoms with van der Waals surface area (Å²) in [5, 5.41) is 4.08. The Bertz CT molecular complexity index is 972. The smallest absolute Gasteiger partial charge is 0.258 e. The Morgan fingerprint density at radius 3 is 2.68 bits per heavy atom. The summed E-state index contributed by atoms with van der Waals surface area (Å²) in [6.45, 7) is 1.79. The van der Waals surface area contributed by atoms with Crippen LogP contribution in [0.1, 0.15) is 16.1 Å². The summed E-state index contributed by atoms with van der Waals surface area (Å²) in [6.07, 6.45) is 0. The molecule has 128 valence electrons. The van der Waals surface area contributed by atoms with Gasteiger partial charge in [-0.15, -0.1) is 11.8 Å². The van der Waals surface area contributed by atoms with Crippen LogP contribution in [0.2, 0.25) is 0 Å². The summed E-state index contributed by atoms with van der Waals surface area (Å²) in [5.41, 5.74) is 6.23. The lowest BCUT2D eigenvalue weighted by Gasteiger charge is -2.07. The third kappa shape index (κ3) is 3.80. The van der Waals surface area contributed by atoms with Crippen molar-refractivity contribution in [2.24, 2.45) is 5.73 Å². The number of nitrogens with two attached hydrogens (primary N) is 1. The average molecular weight is 375 g/mol. The van der Waals surface area contributed by atoms with E-state index in [9.17, 15) is 14.0 Å². The number of hydrogen-bond donors (Lipinski definition) is 2. The van der Waals surface area contributed by atoms with Crippen molar-refractivity contribution in [3.63, 3.8) is 0 Å². The van der Waals surface area contributed by atoms with E-state index >= 15 is 0 Å². The highest BCUT2D eigenvalue weighted by Crippen LogP contribution is 2.32. The van der Waals surface area contributed by atoms with E-state index in [4.69, 9.17) is 5.73 Å². The van der Waals surface area contributed by atoms with Crippen LogP contribution in [-0.4, -0.2) is 22.6 Å². The minimum atomic E-state index is -0.416. The lowest BCUT2D eigenvalue weighted by atomic mass is 10.0. The van der Waals surface area contributed by atoms with Gasteiger partial charge in [-0.05, 0) is 24.4 Å². The Morgan fingerprint density at radius 2 is 1.96 bits per heavy atom. The van der Waals surface area contributed by atoms with Gasteiger partial charge in [-0.2, -0.15) is 0 Å². The lowest BCUT2D eigenvalue weighted by molar-refractivity contribution is -0.115. The predicted molar refractivity (Wildman–Crippen MR) is 98.6 cm³/mol. The molecule has 5 nitrogen and oxygen atoms in total. The van der Waals surface area contributed by atoms with E-state index in [1.165, 1.54) is 35.2 Å². The van der Waals surface area contributed by atoms with Crippen molar-refractivity contribution in [1.82, 2.24) is 4.98 Å². The second-order valence-corrected chi connectivity index (χ2v) is 7.48. The first kappa shape index (κ1) is 17.4. The van der Waals surface area contributed by atoms with Gasteiger partial charge in [0.15, 0.2) is 5.13 Å². The summed E-state index contributed by atoms with van der Waals surface area (Å²) in [7, 11) is 0. The van der Waals surface area contributed by atoms with Gasteiger partial charge in [0.1, 0.15) is 5.82 Å².